The first kappa shape index (κ1) is 17.4. The second-order valence-electron chi connectivity index (χ2n) is 6.00. The van der Waals surface area contributed by atoms with E-state index in [1.165, 1.54) is 0 Å². The molecule has 4 rings (SSSR count). The molecule has 6 nitrogen and oxygen atoms in total. The third-order valence-electron chi connectivity index (χ3n) is 4.04. The Bertz CT molecular complexity index is 1100. The largest absolute Gasteiger partial charge is 0.507 e. The Kier molecular flexibility index (Phi) is 5.02. The van der Waals surface area contributed by atoms with E-state index in [1.54, 1.807) is 30.7 Å². The molecule has 0 aliphatic heterocycles. The van der Waals surface area contributed by atoms with Crippen molar-refractivity contribution < 1.29 is 5.11 Å². The molecule has 0 spiro atoms. The van der Waals surface area contributed by atoms with E-state index >= 15 is 0 Å². The maximum atomic E-state index is 10.2. The van der Waals surface area contributed by atoms with Gasteiger partial charge in [0.2, 0.25) is 5.95 Å². The maximum Gasteiger partial charge on any atom is 0.244 e. The predicted octanol–water partition coefficient (Wildman–Crippen LogP) is 4.36. The smallest absolute Gasteiger partial charge is 0.244 e. The highest BCUT2D eigenvalue weighted by molar-refractivity contribution is 5.79. The minimum absolute atomic E-state index is 0.157. The Labute approximate surface area is 162 Å². The Morgan fingerprint density at radius 1 is 0.857 bits per heavy atom. The number of phenolic OH excluding ortho intramolecular Hbond substituents is 1. The zero-order valence-electron chi connectivity index (χ0n) is 14.9. The van der Waals surface area contributed by atoms with Crippen LogP contribution >= 0.6 is 0 Å². The molecule has 2 aromatic carbocycles. The fourth-order valence-corrected chi connectivity index (χ4v) is 2.70. The number of hydrogen-bond donors (Lipinski definition) is 2. The van der Waals surface area contributed by atoms with Gasteiger partial charge in [-0.2, -0.15) is 5.10 Å². The van der Waals surface area contributed by atoms with E-state index in [0.717, 1.165) is 16.8 Å². The lowest BCUT2D eigenvalue weighted by molar-refractivity contribution is 0.477. The molecule has 0 fully saturated rings. The van der Waals surface area contributed by atoms with Crippen LogP contribution in [-0.2, 0) is 0 Å². The van der Waals surface area contributed by atoms with Gasteiger partial charge in [0.05, 0.1) is 17.6 Å². The third kappa shape index (κ3) is 4.02. The molecular formula is C22H17N5O. The average molecular weight is 367 g/mol. The summed E-state index contributed by atoms with van der Waals surface area (Å²) in [5.74, 6) is 0.491. The topological polar surface area (TPSA) is 83.3 Å². The van der Waals surface area contributed by atoms with E-state index in [-0.39, 0.29) is 5.75 Å². The van der Waals surface area contributed by atoms with Crippen LogP contribution in [0.5, 0.6) is 5.75 Å². The summed E-state index contributed by atoms with van der Waals surface area (Å²) < 4.78 is 0. The first-order valence-corrected chi connectivity index (χ1v) is 8.71. The molecule has 0 atom stereocenters. The second-order valence-corrected chi connectivity index (χ2v) is 6.00. The number of hydrazone groups is 1. The number of pyridine rings is 1. The van der Waals surface area contributed by atoms with Crippen molar-refractivity contribution in [2.24, 2.45) is 5.10 Å². The highest BCUT2D eigenvalue weighted by Gasteiger charge is 2.11. The van der Waals surface area contributed by atoms with Gasteiger partial charge in [-0.25, -0.2) is 15.4 Å². The molecule has 136 valence electrons. The van der Waals surface area contributed by atoms with E-state index in [1.807, 2.05) is 60.7 Å². The first-order chi connectivity index (χ1) is 13.8. The van der Waals surface area contributed by atoms with Crippen molar-refractivity contribution in [1.82, 2.24) is 15.0 Å². The molecule has 0 amide bonds. The predicted molar refractivity (Wildman–Crippen MR) is 110 cm³/mol. The van der Waals surface area contributed by atoms with Crippen molar-refractivity contribution in [1.29, 1.82) is 0 Å². The van der Waals surface area contributed by atoms with Crippen LogP contribution in [0.3, 0.4) is 0 Å². The Morgan fingerprint density at radius 3 is 2.43 bits per heavy atom. The van der Waals surface area contributed by atoms with Crippen molar-refractivity contribution in [3.63, 3.8) is 0 Å². The molecule has 0 radical (unpaired) electrons. The number of aromatic nitrogens is 3. The minimum Gasteiger partial charge on any atom is -0.507 e. The number of nitrogens with zero attached hydrogens (tertiary/aromatic N) is 4. The van der Waals surface area contributed by atoms with Gasteiger partial charge in [0.1, 0.15) is 5.75 Å². The maximum absolute atomic E-state index is 10.2. The summed E-state index contributed by atoms with van der Waals surface area (Å²) in [5.41, 5.74) is 6.63. The van der Waals surface area contributed by atoms with Gasteiger partial charge in [-0.15, -0.1) is 0 Å². The SMILES string of the molecule is Oc1ccccc1-c1cc(-c2ccccc2)nc(NN=Cc2cccnc2)n1. The molecule has 0 aliphatic rings. The van der Waals surface area contributed by atoms with Gasteiger partial charge in [0.15, 0.2) is 0 Å². The number of benzene rings is 2. The molecule has 0 unspecified atom stereocenters. The van der Waals surface area contributed by atoms with Crippen LogP contribution in [0.25, 0.3) is 22.5 Å². The Hall–Kier alpha value is -4.06. The second kappa shape index (κ2) is 8.09. The van der Waals surface area contributed by atoms with Crippen LogP contribution < -0.4 is 5.43 Å². The summed E-state index contributed by atoms with van der Waals surface area (Å²) in [7, 11) is 0. The molecule has 2 heterocycles. The van der Waals surface area contributed by atoms with Gasteiger partial charge in [-0.3, -0.25) is 4.98 Å². The molecule has 4 aromatic rings. The van der Waals surface area contributed by atoms with E-state index in [9.17, 15) is 5.11 Å². The number of anilines is 1. The lowest BCUT2D eigenvalue weighted by atomic mass is 10.1. The minimum atomic E-state index is 0.157. The fourth-order valence-electron chi connectivity index (χ4n) is 2.70. The molecule has 0 saturated carbocycles. The zero-order valence-corrected chi connectivity index (χ0v) is 14.9. The van der Waals surface area contributed by atoms with Crippen LogP contribution in [0.2, 0.25) is 0 Å². The van der Waals surface area contributed by atoms with Crippen LogP contribution in [0.1, 0.15) is 5.56 Å². The van der Waals surface area contributed by atoms with E-state index in [2.05, 4.69) is 25.5 Å². The van der Waals surface area contributed by atoms with E-state index in [4.69, 9.17) is 0 Å². The van der Waals surface area contributed by atoms with Crippen molar-refractivity contribution in [2.45, 2.75) is 0 Å². The fraction of sp³-hybridized carbons (Fsp3) is 0. The van der Waals surface area contributed by atoms with Gasteiger partial charge < -0.3 is 5.11 Å². The van der Waals surface area contributed by atoms with Gasteiger partial charge in [0, 0.05) is 29.1 Å². The van der Waals surface area contributed by atoms with Crippen LogP contribution in [0.15, 0.2) is 90.3 Å². The summed E-state index contributed by atoms with van der Waals surface area (Å²) in [6.07, 6.45) is 5.06. The number of rotatable bonds is 5. The lowest BCUT2D eigenvalue weighted by Gasteiger charge is -2.09. The summed E-state index contributed by atoms with van der Waals surface area (Å²) in [5, 5.41) is 14.4. The lowest BCUT2D eigenvalue weighted by Crippen LogP contribution is -2.00. The molecule has 0 saturated heterocycles. The molecular weight excluding hydrogens is 350 g/mol. The number of hydrogen-bond acceptors (Lipinski definition) is 6. The average Bonchev–Trinajstić information content (AvgIpc) is 2.75. The standard InChI is InChI=1S/C22H17N5O/c28-21-11-5-4-10-18(21)20-13-19(17-8-2-1-3-9-17)25-22(26-20)27-24-15-16-7-6-12-23-14-16/h1-15,28H,(H,25,26,27). The highest BCUT2D eigenvalue weighted by atomic mass is 16.3. The molecule has 2 aromatic heterocycles. The summed E-state index contributed by atoms with van der Waals surface area (Å²) in [6.45, 7) is 0. The molecule has 28 heavy (non-hydrogen) atoms. The monoisotopic (exact) mass is 367 g/mol. The normalized spacial score (nSPS) is 10.9. The summed E-state index contributed by atoms with van der Waals surface area (Å²) in [4.78, 5) is 13.1. The zero-order chi connectivity index (χ0) is 19.2. The Morgan fingerprint density at radius 2 is 1.64 bits per heavy atom. The van der Waals surface area contributed by atoms with Crippen molar-refractivity contribution in [2.75, 3.05) is 5.43 Å². The summed E-state index contributed by atoms with van der Waals surface area (Å²) >= 11 is 0. The van der Waals surface area contributed by atoms with Crippen molar-refractivity contribution in [3.8, 4) is 28.3 Å². The molecule has 0 bridgehead atoms. The van der Waals surface area contributed by atoms with Crippen molar-refractivity contribution in [3.05, 3.63) is 90.8 Å². The van der Waals surface area contributed by atoms with Gasteiger partial charge in [0.25, 0.3) is 0 Å². The number of para-hydroxylation sites is 1. The van der Waals surface area contributed by atoms with Gasteiger partial charge >= 0.3 is 0 Å². The summed E-state index contributed by atoms with van der Waals surface area (Å²) in [6, 6.07) is 22.4. The van der Waals surface area contributed by atoms with Crippen LogP contribution in [0, 0.1) is 0 Å². The molecule has 2 N–H and O–H groups in total. The van der Waals surface area contributed by atoms with Crippen molar-refractivity contribution >= 4 is 12.2 Å². The van der Waals surface area contributed by atoms with Crippen LogP contribution in [-0.4, -0.2) is 26.3 Å². The van der Waals surface area contributed by atoms with E-state index in [0.29, 0.717) is 17.2 Å². The third-order valence-corrected chi connectivity index (χ3v) is 4.04. The van der Waals surface area contributed by atoms with Gasteiger partial charge in [-0.05, 0) is 24.3 Å². The van der Waals surface area contributed by atoms with E-state index < -0.39 is 0 Å². The number of nitrogens with one attached hydrogen (secondary N) is 1. The van der Waals surface area contributed by atoms with Gasteiger partial charge in [-0.1, -0.05) is 48.5 Å². The Balaban J connectivity index is 1.72. The number of aromatic hydroxyl groups is 1. The highest BCUT2D eigenvalue weighted by Crippen LogP contribution is 2.30. The first-order valence-electron chi connectivity index (χ1n) is 8.71. The molecule has 6 heteroatoms. The quantitative estimate of drug-likeness (QED) is 0.404. The number of phenols is 1. The van der Waals surface area contributed by atoms with Crippen LogP contribution in [0.4, 0.5) is 5.95 Å². The molecule has 0 aliphatic carbocycles.